The van der Waals surface area contributed by atoms with Gasteiger partial charge in [0.05, 0.1) is 0 Å². The maximum absolute atomic E-state index is 12.3. The van der Waals surface area contributed by atoms with Crippen molar-refractivity contribution in [2.75, 3.05) is 0 Å². The van der Waals surface area contributed by atoms with Crippen LogP contribution in [0.25, 0.3) is 0 Å². The molecule has 0 aliphatic heterocycles. The Morgan fingerprint density at radius 1 is 0.867 bits per heavy atom. The van der Waals surface area contributed by atoms with Crippen molar-refractivity contribution in [3.05, 3.63) is 12.2 Å². The lowest BCUT2D eigenvalue weighted by Gasteiger charge is -2.38. The minimum Gasteiger partial charge on any atom is -0.462 e. The second-order valence-electron chi connectivity index (χ2n) is 10.9. The van der Waals surface area contributed by atoms with Crippen LogP contribution in [0.1, 0.15) is 137 Å². The van der Waals surface area contributed by atoms with Crippen LogP contribution in [-0.2, 0) is 9.53 Å². The Kier molecular flexibility index (Phi) is 11.0. The minimum absolute atomic E-state index is 0.0437. The first-order valence-corrected chi connectivity index (χ1v) is 13.3. The van der Waals surface area contributed by atoms with Crippen molar-refractivity contribution in [1.29, 1.82) is 0 Å². The number of carbonyl (C=O) groups is 1. The van der Waals surface area contributed by atoms with Gasteiger partial charge in [0.15, 0.2) is 0 Å². The maximum atomic E-state index is 12.3. The first-order chi connectivity index (χ1) is 14.4. The zero-order chi connectivity index (χ0) is 21.9. The highest BCUT2D eigenvalue weighted by atomic mass is 16.5. The minimum atomic E-state index is 0.0437. The molecule has 2 fully saturated rings. The highest BCUT2D eigenvalue weighted by molar-refractivity contribution is 5.69. The summed E-state index contributed by atoms with van der Waals surface area (Å²) in [5, 5.41) is 0. The Morgan fingerprint density at radius 3 is 1.97 bits per heavy atom. The summed E-state index contributed by atoms with van der Waals surface area (Å²) >= 11 is 0. The first kappa shape index (κ1) is 25.5. The normalized spacial score (nSPS) is 27.2. The summed E-state index contributed by atoms with van der Waals surface area (Å²) in [6, 6.07) is 0. The lowest BCUT2D eigenvalue weighted by Crippen LogP contribution is -2.38. The molecule has 0 saturated heterocycles. The number of fused-ring (bicyclic) bond motifs is 2. The molecule has 2 bridgehead atoms. The topological polar surface area (TPSA) is 26.3 Å². The van der Waals surface area contributed by atoms with Gasteiger partial charge in [-0.1, -0.05) is 91.2 Å². The van der Waals surface area contributed by atoms with E-state index in [-0.39, 0.29) is 17.5 Å². The fourth-order valence-corrected chi connectivity index (χ4v) is 5.87. The first-order valence-electron chi connectivity index (χ1n) is 13.3. The van der Waals surface area contributed by atoms with Gasteiger partial charge in [0.1, 0.15) is 6.10 Å². The third-order valence-corrected chi connectivity index (χ3v) is 8.63. The number of carbonyl (C=O) groups excluding carboxylic acids is 1. The van der Waals surface area contributed by atoms with Gasteiger partial charge in [-0.3, -0.25) is 4.79 Å². The molecule has 0 radical (unpaired) electrons. The lowest BCUT2D eigenvalue weighted by molar-refractivity contribution is -0.157. The van der Waals surface area contributed by atoms with E-state index in [1.54, 1.807) is 0 Å². The quantitative estimate of drug-likeness (QED) is 0.142. The van der Waals surface area contributed by atoms with Gasteiger partial charge in [0.25, 0.3) is 0 Å². The van der Waals surface area contributed by atoms with Crippen molar-refractivity contribution in [3.8, 4) is 0 Å². The smallest absolute Gasteiger partial charge is 0.306 e. The number of rotatable bonds is 16. The van der Waals surface area contributed by atoms with Crippen LogP contribution in [0, 0.1) is 16.7 Å². The monoisotopic (exact) mass is 418 g/mol. The summed E-state index contributed by atoms with van der Waals surface area (Å²) in [7, 11) is 0. The molecule has 0 aromatic heterocycles. The van der Waals surface area contributed by atoms with Crippen molar-refractivity contribution >= 4 is 5.97 Å². The van der Waals surface area contributed by atoms with E-state index in [9.17, 15) is 4.79 Å². The molecule has 174 valence electrons. The Morgan fingerprint density at radius 2 is 1.43 bits per heavy atom. The molecule has 2 aliphatic rings. The molecule has 2 heteroatoms. The van der Waals surface area contributed by atoms with Crippen LogP contribution in [-0.4, -0.2) is 12.1 Å². The summed E-state index contributed by atoms with van der Waals surface area (Å²) in [6.07, 6.45) is 25.9. The molecule has 30 heavy (non-hydrogen) atoms. The van der Waals surface area contributed by atoms with Gasteiger partial charge in [-0.05, 0) is 62.7 Å². The van der Waals surface area contributed by atoms with Crippen molar-refractivity contribution in [2.45, 2.75) is 143 Å². The Labute approximate surface area is 187 Å². The standard InChI is InChI=1S/C28H50O2/c1-5-6-7-8-9-10-11-12-13-14-15-16-17-18-19-20-26(29)30-25-23-24-21-22-28(25,4)27(24,2)3/h12-13,24-25H,5-11,14-23H2,1-4H3/b13-12-. The molecule has 0 N–H and O–H groups in total. The largest absolute Gasteiger partial charge is 0.462 e. The molecule has 2 saturated carbocycles. The van der Waals surface area contributed by atoms with Crippen molar-refractivity contribution in [2.24, 2.45) is 16.7 Å². The highest BCUT2D eigenvalue weighted by Gasteiger charge is 2.62. The number of hydrogen-bond acceptors (Lipinski definition) is 2. The van der Waals surface area contributed by atoms with E-state index < -0.39 is 0 Å². The molecule has 0 amide bonds. The molecule has 0 aromatic carbocycles. The number of esters is 1. The predicted octanol–water partition coefficient (Wildman–Crippen LogP) is 8.78. The van der Waals surface area contributed by atoms with Crippen LogP contribution >= 0.6 is 0 Å². The molecule has 0 aromatic rings. The fourth-order valence-electron chi connectivity index (χ4n) is 5.87. The van der Waals surface area contributed by atoms with Crippen LogP contribution < -0.4 is 0 Å². The van der Waals surface area contributed by atoms with E-state index in [0.29, 0.717) is 11.8 Å². The molecule has 0 spiro atoms. The zero-order valence-corrected chi connectivity index (χ0v) is 20.6. The molecule has 3 atom stereocenters. The SMILES string of the molecule is CCCCCCCC/C=C\CCCCCCCC(=O)OC1CC2CCC1(C)C2(C)C. The number of unbranched alkanes of at least 4 members (excludes halogenated alkanes) is 11. The third-order valence-electron chi connectivity index (χ3n) is 8.63. The van der Waals surface area contributed by atoms with Crippen molar-refractivity contribution < 1.29 is 9.53 Å². The van der Waals surface area contributed by atoms with Gasteiger partial charge in [-0.25, -0.2) is 0 Å². The number of ether oxygens (including phenoxy) is 1. The second-order valence-corrected chi connectivity index (χ2v) is 10.9. The Balaban J connectivity index is 1.41. The summed E-state index contributed by atoms with van der Waals surface area (Å²) in [4.78, 5) is 12.3. The van der Waals surface area contributed by atoms with E-state index in [1.807, 2.05) is 0 Å². The molecular weight excluding hydrogens is 368 g/mol. The molecule has 2 nitrogen and oxygen atoms in total. The average Bonchev–Trinajstić information content (AvgIpc) is 3.04. The van der Waals surface area contributed by atoms with Crippen molar-refractivity contribution in [3.63, 3.8) is 0 Å². The number of hydrogen-bond donors (Lipinski definition) is 0. The lowest BCUT2D eigenvalue weighted by atomic mass is 9.70. The van der Waals surface area contributed by atoms with Crippen LogP contribution in [0.2, 0.25) is 0 Å². The fraction of sp³-hybridized carbons (Fsp3) is 0.893. The van der Waals surface area contributed by atoms with Gasteiger partial charge < -0.3 is 4.74 Å². The Hall–Kier alpha value is -0.790. The maximum Gasteiger partial charge on any atom is 0.306 e. The van der Waals surface area contributed by atoms with Crippen LogP contribution in [0.5, 0.6) is 0 Å². The molecular formula is C28H50O2. The average molecular weight is 419 g/mol. The van der Waals surface area contributed by atoms with Gasteiger partial charge >= 0.3 is 5.97 Å². The zero-order valence-electron chi connectivity index (χ0n) is 20.6. The summed E-state index contributed by atoms with van der Waals surface area (Å²) < 4.78 is 5.95. The van der Waals surface area contributed by atoms with E-state index in [2.05, 4.69) is 39.8 Å². The number of allylic oxidation sites excluding steroid dienone is 2. The van der Waals surface area contributed by atoms with Crippen LogP contribution in [0.3, 0.4) is 0 Å². The van der Waals surface area contributed by atoms with E-state index in [0.717, 1.165) is 25.2 Å². The third kappa shape index (κ3) is 7.13. The Bertz CT molecular complexity index is 521. The highest BCUT2D eigenvalue weighted by Crippen LogP contribution is 2.66. The van der Waals surface area contributed by atoms with E-state index in [1.165, 1.54) is 83.5 Å². The van der Waals surface area contributed by atoms with Crippen LogP contribution in [0.15, 0.2) is 12.2 Å². The van der Waals surface area contributed by atoms with Gasteiger partial charge in [0.2, 0.25) is 0 Å². The van der Waals surface area contributed by atoms with Crippen molar-refractivity contribution in [1.82, 2.24) is 0 Å². The van der Waals surface area contributed by atoms with E-state index in [4.69, 9.17) is 4.74 Å². The predicted molar refractivity (Wildman–Crippen MR) is 129 cm³/mol. The van der Waals surface area contributed by atoms with Gasteiger partial charge in [-0.15, -0.1) is 0 Å². The molecule has 2 rings (SSSR count). The van der Waals surface area contributed by atoms with Gasteiger partial charge in [-0.2, -0.15) is 0 Å². The summed E-state index contributed by atoms with van der Waals surface area (Å²) in [6.45, 7) is 9.38. The molecule has 2 aliphatic carbocycles. The molecule has 3 unspecified atom stereocenters. The summed E-state index contributed by atoms with van der Waals surface area (Å²) in [5.41, 5.74) is 0.511. The summed E-state index contributed by atoms with van der Waals surface area (Å²) in [5.74, 6) is 0.780. The van der Waals surface area contributed by atoms with Crippen LogP contribution in [0.4, 0.5) is 0 Å². The van der Waals surface area contributed by atoms with E-state index >= 15 is 0 Å². The van der Waals surface area contributed by atoms with Gasteiger partial charge in [0, 0.05) is 11.8 Å². The second kappa shape index (κ2) is 12.9. The molecule has 0 heterocycles.